The molecule has 0 spiro atoms. The highest BCUT2D eigenvalue weighted by Gasteiger charge is 2.27. The second kappa shape index (κ2) is 8.64. The molecule has 1 fully saturated rings. The van der Waals surface area contributed by atoms with E-state index in [0.29, 0.717) is 37.4 Å². The summed E-state index contributed by atoms with van der Waals surface area (Å²) in [5.41, 5.74) is 1.05. The Morgan fingerprint density at radius 1 is 1.07 bits per heavy atom. The fourth-order valence-electron chi connectivity index (χ4n) is 2.85. The van der Waals surface area contributed by atoms with Crippen molar-refractivity contribution in [2.45, 2.75) is 4.90 Å². The lowest BCUT2D eigenvalue weighted by molar-refractivity contribution is -0.111. The van der Waals surface area contributed by atoms with Crippen LogP contribution in [0.2, 0.25) is 0 Å². The first-order valence-electron chi connectivity index (χ1n) is 8.88. The molecule has 1 saturated heterocycles. The largest absolute Gasteiger partial charge is 0.323 e. The van der Waals surface area contributed by atoms with Gasteiger partial charge in [-0.25, -0.2) is 12.8 Å². The number of anilines is 1. The Bertz CT molecular complexity index is 966. The third-order valence-electron chi connectivity index (χ3n) is 4.50. The number of piperazine rings is 1. The van der Waals surface area contributed by atoms with E-state index in [1.165, 1.54) is 40.7 Å². The molecule has 28 heavy (non-hydrogen) atoms. The number of hydrogen-bond acceptors (Lipinski definition) is 4. The SMILES string of the molecule is CN1CCN(S(=O)(=O)c2ccc(NC(=O)/C=C/c3cccc(F)c3)cc2)CC1. The third kappa shape index (κ3) is 5.03. The summed E-state index contributed by atoms with van der Waals surface area (Å²) in [6.07, 6.45) is 2.80. The molecule has 0 aromatic heterocycles. The maximum absolute atomic E-state index is 13.1. The summed E-state index contributed by atoms with van der Waals surface area (Å²) >= 11 is 0. The van der Waals surface area contributed by atoms with Crippen molar-refractivity contribution in [2.75, 3.05) is 38.5 Å². The molecule has 8 heteroatoms. The summed E-state index contributed by atoms with van der Waals surface area (Å²) in [6.45, 7) is 2.32. The molecule has 0 radical (unpaired) electrons. The number of likely N-dealkylation sites (N-methyl/N-ethyl adjacent to an activating group) is 1. The highest BCUT2D eigenvalue weighted by atomic mass is 32.2. The van der Waals surface area contributed by atoms with Gasteiger partial charge in [0.1, 0.15) is 5.82 Å². The fourth-order valence-corrected chi connectivity index (χ4v) is 4.28. The number of amides is 1. The van der Waals surface area contributed by atoms with E-state index in [0.717, 1.165) is 0 Å². The number of carbonyl (C=O) groups is 1. The van der Waals surface area contributed by atoms with Crippen molar-refractivity contribution in [3.8, 4) is 0 Å². The molecule has 0 atom stereocenters. The zero-order chi connectivity index (χ0) is 20.1. The summed E-state index contributed by atoms with van der Waals surface area (Å²) in [5, 5.41) is 2.66. The number of halogens is 1. The number of nitrogens with zero attached hydrogens (tertiary/aromatic N) is 2. The minimum atomic E-state index is -3.54. The number of sulfonamides is 1. The molecule has 1 heterocycles. The molecule has 1 aliphatic heterocycles. The zero-order valence-corrected chi connectivity index (χ0v) is 16.3. The second-order valence-electron chi connectivity index (χ2n) is 6.61. The van der Waals surface area contributed by atoms with Crippen molar-refractivity contribution in [2.24, 2.45) is 0 Å². The van der Waals surface area contributed by atoms with E-state index in [-0.39, 0.29) is 16.6 Å². The van der Waals surface area contributed by atoms with Gasteiger partial charge in [-0.1, -0.05) is 12.1 Å². The maximum Gasteiger partial charge on any atom is 0.248 e. The van der Waals surface area contributed by atoms with Gasteiger partial charge in [0.25, 0.3) is 0 Å². The predicted molar refractivity (Wildman–Crippen MR) is 107 cm³/mol. The average molecular weight is 403 g/mol. The van der Waals surface area contributed by atoms with E-state index in [2.05, 4.69) is 10.2 Å². The van der Waals surface area contributed by atoms with Gasteiger partial charge in [-0.2, -0.15) is 4.31 Å². The van der Waals surface area contributed by atoms with Gasteiger partial charge >= 0.3 is 0 Å². The Balaban J connectivity index is 1.63. The first-order valence-corrected chi connectivity index (χ1v) is 10.3. The molecule has 3 rings (SSSR count). The molecular formula is C20H22FN3O3S. The minimum Gasteiger partial charge on any atom is -0.323 e. The fraction of sp³-hybridized carbons (Fsp3) is 0.250. The van der Waals surface area contributed by atoms with Gasteiger partial charge in [0, 0.05) is 37.9 Å². The monoisotopic (exact) mass is 403 g/mol. The van der Waals surface area contributed by atoms with E-state index in [4.69, 9.17) is 0 Å². The average Bonchev–Trinajstić information content (AvgIpc) is 2.67. The van der Waals surface area contributed by atoms with Crippen LogP contribution in [0, 0.1) is 5.82 Å². The minimum absolute atomic E-state index is 0.199. The van der Waals surface area contributed by atoms with Crippen LogP contribution in [-0.4, -0.2) is 56.8 Å². The summed E-state index contributed by atoms with van der Waals surface area (Å²) in [6, 6.07) is 12.0. The molecule has 2 aromatic carbocycles. The van der Waals surface area contributed by atoms with E-state index >= 15 is 0 Å². The highest BCUT2D eigenvalue weighted by Crippen LogP contribution is 2.19. The first-order chi connectivity index (χ1) is 13.3. The van der Waals surface area contributed by atoms with Crippen molar-refractivity contribution in [3.05, 3.63) is 66.0 Å². The van der Waals surface area contributed by atoms with Crippen molar-refractivity contribution in [3.63, 3.8) is 0 Å². The summed E-state index contributed by atoms with van der Waals surface area (Å²) < 4.78 is 40.0. The van der Waals surface area contributed by atoms with Crippen LogP contribution < -0.4 is 5.32 Å². The van der Waals surface area contributed by atoms with Gasteiger partial charge in [0.15, 0.2) is 0 Å². The Morgan fingerprint density at radius 3 is 2.39 bits per heavy atom. The summed E-state index contributed by atoms with van der Waals surface area (Å²) in [7, 11) is -1.57. The Labute approximate surface area is 164 Å². The normalized spacial score (nSPS) is 16.4. The van der Waals surface area contributed by atoms with Gasteiger partial charge in [-0.05, 0) is 55.1 Å². The number of rotatable bonds is 5. The van der Waals surface area contributed by atoms with E-state index in [1.807, 2.05) is 7.05 Å². The third-order valence-corrected chi connectivity index (χ3v) is 6.41. The first kappa shape index (κ1) is 20.2. The zero-order valence-electron chi connectivity index (χ0n) is 15.5. The van der Waals surface area contributed by atoms with Crippen LogP contribution in [0.15, 0.2) is 59.5 Å². The molecule has 1 aliphatic rings. The smallest absolute Gasteiger partial charge is 0.248 e. The van der Waals surface area contributed by atoms with Crippen molar-refractivity contribution in [1.82, 2.24) is 9.21 Å². The van der Waals surface area contributed by atoms with Gasteiger partial charge in [0.05, 0.1) is 4.90 Å². The van der Waals surface area contributed by atoms with Gasteiger partial charge in [-0.15, -0.1) is 0 Å². The summed E-state index contributed by atoms with van der Waals surface area (Å²) in [5.74, 6) is -0.765. The Kier molecular flexibility index (Phi) is 6.23. The molecule has 1 amide bonds. The molecule has 1 N–H and O–H groups in total. The molecule has 0 unspecified atom stereocenters. The number of carbonyl (C=O) groups excluding carboxylic acids is 1. The van der Waals surface area contributed by atoms with Crippen LogP contribution in [0.5, 0.6) is 0 Å². The molecule has 2 aromatic rings. The van der Waals surface area contributed by atoms with E-state index in [1.54, 1.807) is 24.3 Å². The predicted octanol–water partition coefficient (Wildman–Crippen LogP) is 2.41. The van der Waals surface area contributed by atoms with Crippen LogP contribution in [-0.2, 0) is 14.8 Å². The van der Waals surface area contributed by atoms with E-state index < -0.39 is 10.0 Å². The second-order valence-corrected chi connectivity index (χ2v) is 8.55. The standard InChI is InChI=1S/C20H22FN3O3S/c1-23-11-13-24(14-12-23)28(26,27)19-8-6-18(7-9-19)22-20(25)10-5-16-3-2-4-17(21)15-16/h2-10,15H,11-14H2,1H3,(H,22,25)/b10-5+. The maximum atomic E-state index is 13.1. The Hall–Kier alpha value is -2.55. The quantitative estimate of drug-likeness (QED) is 0.779. The van der Waals surface area contributed by atoms with Crippen molar-refractivity contribution < 1.29 is 17.6 Å². The topological polar surface area (TPSA) is 69.7 Å². The molecule has 0 saturated carbocycles. The van der Waals surface area contributed by atoms with Crippen molar-refractivity contribution >= 4 is 27.7 Å². The van der Waals surface area contributed by atoms with Crippen LogP contribution in [0.1, 0.15) is 5.56 Å². The van der Waals surface area contributed by atoms with Gasteiger partial charge in [0.2, 0.25) is 15.9 Å². The molecule has 0 bridgehead atoms. The van der Waals surface area contributed by atoms with Crippen LogP contribution in [0.25, 0.3) is 6.08 Å². The molecule has 0 aliphatic carbocycles. The van der Waals surface area contributed by atoms with Crippen molar-refractivity contribution in [1.29, 1.82) is 0 Å². The lowest BCUT2D eigenvalue weighted by Crippen LogP contribution is -2.46. The van der Waals surface area contributed by atoms with Crippen LogP contribution in [0.4, 0.5) is 10.1 Å². The highest BCUT2D eigenvalue weighted by molar-refractivity contribution is 7.89. The van der Waals surface area contributed by atoms with Gasteiger partial charge < -0.3 is 10.2 Å². The van der Waals surface area contributed by atoms with Crippen LogP contribution in [0.3, 0.4) is 0 Å². The number of hydrogen-bond donors (Lipinski definition) is 1. The molecule has 148 valence electrons. The number of nitrogens with one attached hydrogen (secondary N) is 1. The van der Waals surface area contributed by atoms with Gasteiger partial charge in [-0.3, -0.25) is 4.79 Å². The summed E-state index contributed by atoms with van der Waals surface area (Å²) in [4.78, 5) is 14.3. The number of benzene rings is 2. The lowest BCUT2D eigenvalue weighted by Gasteiger charge is -2.31. The lowest BCUT2D eigenvalue weighted by atomic mass is 10.2. The van der Waals surface area contributed by atoms with Crippen LogP contribution >= 0.6 is 0 Å². The molecule has 6 nitrogen and oxygen atoms in total. The van der Waals surface area contributed by atoms with E-state index in [9.17, 15) is 17.6 Å². The molecular weight excluding hydrogens is 381 g/mol. The Morgan fingerprint density at radius 2 is 1.75 bits per heavy atom.